The Balaban J connectivity index is 1.60. The molecular weight excluding hydrogens is 380 g/mol. The Morgan fingerprint density at radius 2 is 1.92 bits per heavy atom. The number of halogens is 1. The van der Waals surface area contributed by atoms with Gasteiger partial charge in [-0.1, -0.05) is 15.9 Å². The van der Waals surface area contributed by atoms with Crippen LogP contribution in [0.5, 0.6) is 0 Å². The first kappa shape index (κ1) is 16.0. The third-order valence-corrected chi connectivity index (χ3v) is 4.63. The molecule has 0 fully saturated rings. The monoisotopic (exact) mass is 396 g/mol. The summed E-state index contributed by atoms with van der Waals surface area (Å²) in [4.78, 5) is 13.4. The number of aromatic nitrogens is 4. The molecule has 0 saturated carbocycles. The largest absolute Gasteiger partial charge is 0.324 e. The van der Waals surface area contributed by atoms with E-state index in [2.05, 4.69) is 36.3 Å². The van der Waals surface area contributed by atoms with Gasteiger partial charge in [0.15, 0.2) is 0 Å². The van der Waals surface area contributed by atoms with E-state index in [1.807, 2.05) is 60.4 Å². The highest BCUT2D eigenvalue weighted by Crippen LogP contribution is 2.24. The molecule has 2 aromatic heterocycles. The lowest BCUT2D eigenvalue weighted by Gasteiger charge is -2.22. The molecule has 1 aromatic carbocycles. The van der Waals surface area contributed by atoms with Crippen molar-refractivity contribution in [2.24, 2.45) is 4.99 Å². The highest BCUT2D eigenvalue weighted by atomic mass is 79.9. The van der Waals surface area contributed by atoms with Crippen LogP contribution in [0.2, 0.25) is 0 Å². The molecule has 1 aliphatic heterocycles. The lowest BCUT2D eigenvalue weighted by molar-refractivity contribution is 0.605. The number of anilines is 1. The van der Waals surface area contributed by atoms with Crippen LogP contribution in [0.25, 0.3) is 0 Å². The molecule has 1 N–H and O–H groups in total. The van der Waals surface area contributed by atoms with Crippen molar-refractivity contribution in [2.75, 3.05) is 11.9 Å². The molecule has 126 valence electrons. The topological polar surface area (TPSA) is 68.0 Å². The Labute approximate surface area is 154 Å². The van der Waals surface area contributed by atoms with Gasteiger partial charge in [0.25, 0.3) is 0 Å². The molecule has 0 aliphatic carbocycles. The molecule has 0 spiro atoms. The predicted molar refractivity (Wildman–Crippen MR) is 101 cm³/mol. The fraction of sp³-hybridized carbons (Fsp3) is 0.222. The zero-order valence-electron chi connectivity index (χ0n) is 13.7. The average molecular weight is 397 g/mol. The molecule has 3 aromatic rings. The molecule has 0 saturated heterocycles. The normalized spacial score (nSPS) is 16.2. The van der Waals surface area contributed by atoms with Gasteiger partial charge in [-0.3, -0.25) is 9.98 Å². The SMILES string of the molecule is Cc1nc2n(n1)C(Nc1ccc(Br)cc1)=NCC2Cc1ccncc1. The summed E-state index contributed by atoms with van der Waals surface area (Å²) in [7, 11) is 0. The Morgan fingerprint density at radius 1 is 1.16 bits per heavy atom. The molecule has 25 heavy (non-hydrogen) atoms. The summed E-state index contributed by atoms with van der Waals surface area (Å²) in [6, 6.07) is 12.1. The zero-order valence-corrected chi connectivity index (χ0v) is 15.3. The first-order valence-electron chi connectivity index (χ1n) is 8.09. The maximum Gasteiger partial charge on any atom is 0.225 e. The Morgan fingerprint density at radius 3 is 2.68 bits per heavy atom. The number of nitrogens with zero attached hydrogens (tertiary/aromatic N) is 5. The first-order valence-corrected chi connectivity index (χ1v) is 8.88. The predicted octanol–water partition coefficient (Wildman–Crippen LogP) is 3.40. The Bertz CT molecular complexity index is 901. The number of nitrogens with one attached hydrogen (secondary N) is 1. The van der Waals surface area contributed by atoms with Gasteiger partial charge < -0.3 is 5.32 Å². The number of pyridine rings is 1. The van der Waals surface area contributed by atoms with Crippen LogP contribution in [-0.2, 0) is 6.42 Å². The fourth-order valence-electron chi connectivity index (χ4n) is 2.91. The van der Waals surface area contributed by atoms with Gasteiger partial charge in [0.2, 0.25) is 5.96 Å². The van der Waals surface area contributed by atoms with Gasteiger partial charge in [-0.25, -0.2) is 4.98 Å². The van der Waals surface area contributed by atoms with Gasteiger partial charge >= 0.3 is 0 Å². The molecule has 0 radical (unpaired) electrons. The second kappa shape index (κ2) is 6.76. The molecule has 1 aliphatic rings. The second-order valence-corrected chi connectivity index (χ2v) is 6.90. The average Bonchev–Trinajstić information content (AvgIpc) is 3.02. The zero-order chi connectivity index (χ0) is 17.2. The van der Waals surface area contributed by atoms with E-state index in [1.54, 1.807) is 0 Å². The van der Waals surface area contributed by atoms with Crippen LogP contribution in [0.3, 0.4) is 0 Å². The number of rotatable bonds is 3. The third-order valence-electron chi connectivity index (χ3n) is 4.10. The van der Waals surface area contributed by atoms with Crippen LogP contribution in [0, 0.1) is 6.92 Å². The van der Waals surface area contributed by atoms with Gasteiger partial charge in [0.05, 0.1) is 6.54 Å². The molecule has 1 unspecified atom stereocenters. The van der Waals surface area contributed by atoms with Crippen LogP contribution in [-0.4, -0.2) is 32.3 Å². The van der Waals surface area contributed by atoms with Crippen molar-refractivity contribution < 1.29 is 0 Å². The van der Waals surface area contributed by atoms with Crippen molar-refractivity contribution in [1.82, 2.24) is 19.7 Å². The number of aryl methyl sites for hydroxylation is 1. The standard InChI is InChI=1S/C18H17BrN6/c1-12-22-17-14(10-13-6-8-20-9-7-13)11-21-18(25(17)24-12)23-16-4-2-15(19)3-5-16/h2-9,14H,10-11H2,1H3,(H,21,23). The summed E-state index contributed by atoms with van der Waals surface area (Å²) < 4.78 is 2.87. The van der Waals surface area contributed by atoms with Crippen molar-refractivity contribution in [1.29, 1.82) is 0 Å². The fourth-order valence-corrected chi connectivity index (χ4v) is 3.18. The van der Waals surface area contributed by atoms with Crippen molar-refractivity contribution in [3.05, 3.63) is 70.5 Å². The van der Waals surface area contributed by atoms with Crippen LogP contribution in [0.1, 0.15) is 23.1 Å². The summed E-state index contributed by atoms with van der Waals surface area (Å²) >= 11 is 3.45. The van der Waals surface area contributed by atoms with E-state index in [4.69, 9.17) is 4.99 Å². The van der Waals surface area contributed by atoms with E-state index in [0.29, 0.717) is 12.5 Å². The minimum absolute atomic E-state index is 0.207. The van der Waals surface area contributed by atoms with E-state index < -0.39 is 0 Å². The van der Waals surface area contributed by atoms with Crippen molar-refractivity contribution in [2.45, 2.75) is 19.3 Å². The van der Waals surface area contributed by atoms with Crippen LogP contribution < -0.4 is 5.32 Å². The summed E-state index contributed by atoms with van der Waals surface area (Å²) in [6.45, 7) is 2.59. The Kier molecular flexibility index (Phi) is 4.31. The maximum atomic E-state index is 4.72. The number of aliphatic imine (C=N–C) groups is 1. The molecular formula is C18H17BrN6. The van der Waals surface area contributed by atoms with E-state index in [0.717, 1.165) is 28.2 Å². The minimum Gasteiger partial charge on any atom is -0.324 e. The first-order chi connectivity index (χ1) is 12.2. The van der Waals surface area contributed by atoms with Crippen molar-refractivity contribution in [3.8, 4) is 0 Å². The van der Waals surface area contributed by atoms with E-state index in [9.17, 15) is 0 Å². The lowest BCUT2D eigenvalue weighted by atomic mass is 9.98. The quantitative estimate of drug-likeness (QED) is 0.736. The summed E-state index contributed by atoms with van der Waals surface area (Å²) in [5.74, 6) is 2.62. The number of benzene rings is 1. The van der Waals surface area contributed by atoms with Gasteiger partial charge in [-0.2, -0.15) is 4.68 Å². The molecule has 1 atom stereocenters. The van der Waals surface area contributed by atoms with E-state index in [-0.39, 0.29) is 5.92 Å². The molecule has 0 bridgehead atoms. The molecule has 0 amide bonds. The second-order valence-electron chi connectivity index (χ2n) is 5.98. The highest BCUT2D eigenvalue weighted by Gasteiger charge is 2.26. The minimum atomic E-state index is 0.207. The van der Waals surface area contributed by atoms with Gasteiger partial charge in [-0.15, -0.1) is 5.10 Å². The van der Waals surface area contributed by atoms with Crippen molar-refractivity contribution >= 4 is 27.6 Å². The van der Waals surface area contributed by atoms with E-state index >= 15 is 0 Å². The smallest absolute Gasteiger partial charge is 0.225 e. The Hall–Kier alpha value is -2.54. The van der Waals surface area contributed by atoms with Gasteiger partial charge in [0, 0.05) is 28.5 Å². The van der Waals surface area contributed by atoms with E-state index in [1.165, 1.54) is 5.56 Å². The maximum absolute atomic E-state index is 4.72. The number of hydrogen-bond acceptors (Lipinski definition) is 5. The summed E-state index contributed by atoms with van der Waals surface area (Å²) in [6.07, 6.45) is 4.51. The molecule has 3 heterocycles. The lowest BCUT2D eigenvalue weighted by Crippen LogP contribution is -2.32. The number of fused-ring (bicyclic) bond motifs is 1. The van der Waals surface area contributed by atoms with Crippen LogP contribution >= 0.6 is 15.9 Å². The molecule has 6 nitrogen and oxygen atoms in total. The highest BCUT2D eigenvalue weighted by molar-refractivity contribution is 9.10. The van der Waals surface area contributed by atoms with Gasteiger partial charge in [0.1, 0.15) is 11.6 Å². The number of hydrogen-bond donors (Lipinski definition) is 1. The summed E-state index contributed by atoms with van der Waals surface area (Å²) in [5.41, 5.74) is 2.19. The summed E-state index contributed by atoms with van der Waals surface area (Å²) in [5, 5.41) is 7.87. The van der Waals surface area contributed by atoms with Crippen molar-refractivity contribution in [3.63, 3.8) is 0 Å². The van der Waals surface area contributed by atoms with Gasteiger partial charge in [-0.05, 0) is 55.3 Å². The molecule has 4 rings (SSSR count). The third kappa shape index (κ3) is 3.46. The van der Waals surface area contributed by atoms with Crippen LogP contribution in [0.4, 0.5) is 5.69 Å². The van der Waals surface area contributed by atoms with Crippen LogP contribution in [0.15, 0.2) is 58.3 Å². The molecule has 7 heteroatoms.